The number of rotatable bonds is 6. The van der Waals surface area contributed by atoms with Crippen molar-refractivity contribution in [3.8, 4) is 0 Å². The number of carbonyl (C=O) groups excluding carboxylic acids is 2. The predicted octanol–water partition coefficient (Wildman–Crippen LogP) is 3.12. The zero-order valence-corrected chi connectivity index (χ0v) is 17.9. The number of benzene rings is 1. The van der Waals surface area contributed by atoms with Crippen LogP contribution in [0.3, 0.4) is 0 Å². The summed E-state index contributed by atoms with van der Waals surface area (Å²) in [5, 5.41) is 1.64. The molecule has 2 amide bonds. The molecule has 0 saturated carbocycles. The Morgan fingerprint density at radius 2 is 2.10 bits per heavy atom. The SMILES string of the molecule is COC[C@H]1C(=O)N(Cc2cc3cnccc3[nH]2)CCN1C(=O)C=Cc1ccc(Cl)cc1. The van der Waals surface area contributed by atoms with E-state index in [1.807, 2.05) is 24.3 Å². The Labute approximate surface area is 185 Å². The summed E-state index contributed by atoms with van der Waals surface area (Å²) in [4.78, 5) is 36.7. The number of aromatic nitrogens is 2. The molecule has 1 saturated heterocycles. The van der Waals surface area contributed by atoms with Gasteiger partial charge in [-0.3, -0.25) is 14.6 Å². The van der Waals surface area contributed by atoms with E-state index in [9.17, 15) is 9.59 Å². The molecule has 3 heterocycles. The zero-order chi connectivity index (χ0) is 21.8. The largest absolute Gasteiger partial charge is 0.382 e. The number of methoxy groups -OCH3 is 1. The minimum absolute atomic E-state index is 0.127. The number of aromatic amines is 1. The van der Waals surface area contributed by atoms with Gasteiger partial charge in [0.15, 0.2) is 0 Å². The van der Waals surface area contributed by atoms with Crippen molar-refractivity contribution in [2.45, 2.75) is 12.6 Å². The number of carbonyl (C=O) groups is 2. The molecule has 1 aliphatic rings. The average Bonchev–Trinajstić information content (AvgIpc) is 3.18. The maximum absolute atomic E-state index is 13.1. The molecule has 0 unspecified atom stereocenters. The second kappa shape index (κ2) is 9.32. The van der Waals surface area contributed by atoms with Crippen molar-refractivity contribution in [2.75, 3.05) is 26.8 Å². The molecule has 1 aromatic carbocycles. The second-order valence-corrected chi connectivity index (χ2v) is 7.84. The summed E-state index contributed by atoms with van der Waals surface area (Å²) in [5.41, 5.74) is 2.77. The highest BCUT2D eigenvalue weighted by atomic mass is 35.5. The van der Waals surface area contributed by atoms with Crippen molar-refractivity contribution in [3.63, 3.8) is 0 Å². The van der Waals surface area contributed by atoms with E-state index in [1.54, 1.807) is 40.4 Å². The standard InChI is InChI=1S/C23H23ClN4O3/c1-31-15-21-23(30)27(14-19-12-17-13-25-9-8-20(17)26-19)10-11-28(21)22(29)7-4-16-2-5-18(24)6-3-16/h2-9,12-13,21,26H,10-11,14-15H2,1H3/t21-/m0/s1. The third-order valence-electron chi connectivity index (χ3n) is 5.32. The fraction of sp³-hybridized carbons (Fsp3) is 0.261. The number of hydrogen-bond acceptors (Lipinski definition) is 4. The molecular formula is C23H23ClN4O3. The number of nitrogens with zero attached hydrogens (tertiary/aromatic N) is 3. The number of fused-ring (bicyclic) bond motifs is 1. The molecule has 160 valence electrons. The Morgan fingerprint density at radius 3 is 2.84 bits per heavy atom. The Morgan fingerprint density at radius 1 is 1.29 bits per heavy atom. The molecule has 1 aliphatic heterocycles. The summed E-state index contributed by atoms with van der Waals surface area (Å²) in [6, 6.07) is 10.4. The molecule has 0 aliphatic carbocycles. The van der Waals surface area contributed by atoms with E-state index in [0.717, 1.165) is 22.2 Å². The lowest BCUT2D eigenvalue weighted by molar-refractivity contribution is -0.152. The van der Waals surface area contributed by atoms with Crippen molar-refractivity contribution in [1.29, 1.82) is 0 Å². The highest BCUT2D eigenvalue weighted by Crippen LogP contribution is 2.19. The van der Waals surface area contributed by atoms with Crippen molar-refractivity contribution in [1.82, 2.24) is 19.8 Å². The van der Waals surface area contributed by atoms with Crippen LogP contribution >= 0.6 is 11.6 Å². The van der Waals surface area contributed by atoms with Crippen LogP contribution in [-0.4, -0.2) is 64.4 Å². The van der Waals surface area contributed by atoms with E-state index < -0.39 is 6.04 Å². The normalized spacial score (nSPS) is 17.1. The summed E-state index contributed by atoms with van der Waals surface area (Å²) in [6.07, 6.45) is 6.72. The van der Waals surface area contributed by atoms with Gasteiger partial charge >= 0.3 is 0 Å². The van der Waals surface area contributed by atoms with Crippen LogP contribution in [0.25, 0.3) is 17.0 Å². The topological polar surface area (TPSA) is 78.5 Å². The van der Waals surface area contributed by atoms with Crippen molar-refractivity contribution < 1.29 is 14.3 Å². The molecule has 31 heavy (non-hydrogen) atoms. The van der Waals surface area contributed by atoms with Crippen LogP contribution in [0.5, 0.6) is 0 Å². The molecule has 1 atom stereocenters. The van der Waals surface area contributed by atoms with Crippen LogP contribution in [0, 0.1) is 0 Å². The van der Waals surface area contributed by atoms with Crippen LogP contribution in [0.4, 0.5) is 0 Å². The molecule has 1 fully saturated rings. The summed E-state index contributed by atoms with van der Waals surface area (Å²) in [5.74, 6) is -0.347. The first-order valence-corrected chi connectivity index (χ1v) is 10.4. The molecule has 8 heteroatoms. The van der Waals surface area contributed by atoms with Gasteiger partial charge in [-0.15, -0.1) is 0 Å². The van der Waals surface area contributed by atoms with Crippen LogP contribution in [0.15, 0.2) is 54.9 Å². The first-order chi connectivity index (χ1) is 15.0. The van der Waals surface area contributed by atoms with Crippen molar-refractivity contribution in [2.24, 2.45) is 0 Å². The van der Waals surface area contributed by atoms with E-state index in [2.05, 4.69) is 9.97 Å². The van der Waals surface area contributed by atoms with Crippen LogP contribution < -0.4 is 0 Å². The number of halogens is 1. The van der Waals surface area contributed by atoms with Gasteiger partial charge in [0.2, 0.25) is 11.8 Å². The molecule has 0 bridgehead atoms. The summed E-state index contributed by atoms with van der Waals surface area (Å²) in [6.45, 7) is 1.47. The highest BCUT2D eigenvalue weighted by Gasteiger charge is 2.36. The van der Waals surface area contributed by atoms with E-state index in [0.29, 0.717) is 24.7 Å². The van der Waals surface area contributed by atoms with Crippen molar-refractivity contribution >= 4 is 40.4 Å². The summed E-state index contributed by atoms with van der Waals surface area (Å²) in [7, 11) is 1.53. The number of amides is 2. The minimum Gasteiger partial charge on any atom is -0.382 e. The van der Waals surface area contributed by atoms with E-state index >= 15 is 0 Å². The van der Waals surface area contributed by atoms with E-state index in [-0.39, 0.29) is 18.4 Å². The second-order valence-electron chi connectivity index (χ2n) is 7.40. The molecule has 1 N–H and O–H groups in total. The highest BCUT2D eigenvalue weighted by molar-refractivity contribution is 6.30. The molecule has 4 rings (SSSR count). The molecule has 7 nitrogen and oxygen atoms in total. The van der Waals surface area contributed by atoms with Gasteiger partial charge in [0, 0.05) is 60.3 Å². The van der Waals surface area contributed by atoms with Gasteiger partial charge in [0.1, 0.15) is 6.04 Å². The number of ether oxygens (including phenoxy) is 1. The third kappa shape index (κ3) is 4.78. The quantitative estimate of drug-likeness (QED) is 0.600. The maximum atomic E-state index is 13.1. The summed E-state index contributed by atoms with van der Waals surface area (Å²) < 4.78 is 5.26. The Balaban J connectivity index is 1.46. The van der Waals surface area contributed by atoms with Gasteiger partial charge in [-0.05, 0) is 35.9 Å². The molecule has 2 aromatic heterocycles. The van der Waals surface area contributed by atoms with Gasteiger partial charge in [0.05, 0.1) is 13.2 Å². The minimum atomic E-state index is -0.660. The van der Waals surface area contributed by atoms with Crippen LogP contribution in [-0.2, 0) is 20.9 Å². The molecule has 0 spiro atoms. The summed E-state index contributed by atoms with van der Waals surface area (Å²) >= 11 is 5.90. The smallest absolute Gasteiger partial charge is 0.248 e. The van der Waals surface area contributed by atoms with E-state index in [4.69, 9.17) is 16.3 Å². The maximum Gasteiger partial charge on any atom is 0.248 e. The van der Waals surface area contributed by atoms with Gasteiger partial charge in [-0.1, -0.05) is 23.7 Å². The number of pyridine rings is 1. The number of hydrogen-bond donors (Lipinski definition) is 1. The van der Waals surface area contributed by atoms with Crippen LogP contribution in [0.2, 0.25) is 5.02 Å². The zero-order valence-electron chi connectivity index (χ0n) is 17.1. The van der Waals surface area contributed by atoms with Gasteiger partial charge in [0.25, 0.3) is 0 Å². The Bertz CT molecular complexity index is 1080. The predicted molar refractivity (Wildman–Crippen MR) is 119 cm³/mol. The monoisotopic (exact) mass is 438 g/mol. The third-order valence-corrected chi connectivity index (χ3v) is 5.57. The first kappa shape index (κ1) is 21.1. The lowest BCUT2D eigenvalue weighted by Crippen LogP contribution is -2.59. The van der Waals surface area contributed by atoms with Gasteiger partial charge < -0.3 is 19.5 Å². The lowest BCUT2D eigenvalue weighted by atomic mass is 10.1. The lowest BCUT2D eigenvalue weighted by Gasteiger charge is -2.39. The number of piperazine rings is 1. The Hall–Kier alpha value is -3.16. The number of H-pyrrole nitrogens is 1. The first-order valence-electron chi connectivity index (χ1n) is 9.99. The van der Waals surface area contributed by atoms with E-state index in [1.165, 1.54) is 13.2 Å². The fourth-order valence-corrected chi connectivity index (χ4v) is 3.86. The van der Waals surface area contributed by atoms with Gasteiger partial charge in [-0.25, -0.2) is 0 Å². The average molecular weight is 439 g/mol. The van der Waals surface area contributed by atoms with Crippen molar-refractivity contribution in [3.05, 3.63) is 71.1 Å². The Kier molecular flexibility index (Phi) is 6.34. The van der Waals surface area contributed by atoms with Crippen LogP contribution in [0.1, 0.15) is 11.3 Å². The molecule has 0 radical (unpaired) electrons. The molecule has 3 aromatic rings. The fourth-order valence-electron chi connectivity index (χ4n) is 3.74. The number of nitrogens with one attached hydrogen (secondary N) is 1. The molecular weight excluding hydrogens is 416 g/mol. The van der Waals surface area contributed by atoms with Gasteiger partial charge in [-0.2, -0.15) is 0 Å².